The van der Waals surface area contributed by atoms with Crippen molar-refractivity contribution >= 4 is 45.6 Å². The van der Waals surface area contributed by atoms with Gasteiger partial charge in [0.1, 0.15) is 22.4 Å². The molecule has 0 aliphatic carbocycles. The number of carbonyl (C=O) groups excluding carboxylic acids is 1. The summed E-state index contributed by atoms with van der Waals surface area (Å²) in [7, 11) is 0. The first-order chi connectivity index (χ1) is 16.2. The minimum Gasteiger partial charge on any atom is -0.382 e. The van der Waals surface area contributed by atoms with Crippen molar-refractivity contribution in [1.29, 1.82) is 0 Å². The molecule has 0 saturated carbocycles. The van der Waals surface area contributed by atoms with Crippen molar-refractivity contribution < 1.29 is 4.79 Å². The van der Waals surface area contributed by atoms with Crippen LogP contribution in [0.25, 0.3) is 22.1 Å². The molecular formula is C24H29N7OS. The molecule has 4 aromatic rings. The summed E-state index contributed by atoms with van der Waals surface area (Å²) < 4.78 is 2.25. The van der Waals surface area contributed by atoms with Crippen LogP contribution in [-0.4, -0.2) is 42.7 Å². The fourth-order valence-electron chi connectivity index (χ4n) is 3.79. The van der Waals surface area contributed by atoms with Gasteiger partial charge in [-0.15, -0.1) is 11.8 Å². The number of nitrogens with one attached hydrogen (secondary N) is 1. The smallest absolute Gasteiger partial charge is 0.230 e. The number of anilines is 1. The molecule has 0 aromatic carbocycles. The van der Waals surface area contributed by atoms with Crippen LogP contribution in [0.5, 0.6) is 0 Å². The van der Waals surface area contributed by atoms with E-state index < -0.39 is 0 Å². The van der Waals surface area contributed by atoms with Crippen LogP contribution in [0, 0.1) is 0 Å². The maximum Gasteiger partial charge on any atom is 0.230 e. The second-order valence-corrected chi connectivity index (χ2v) is 8.93. The summed E-state index contributed by atoms with van der Waals surface area (Å²) in [5.41, 5.74) is 9.55. The number of carbonyl (C=O) groups is 1. The fourth-order valence-corrected chi connectivity index (χ4v) is 4.51. The summed E-state index contributed by atoms with van der Waals surface area (Å²) >= 11 is 1.51. The van der Waals surface area contributed by atoms with E-state index in [-0.39, 0.29) is 5.91 Å². The molecule has 1 amide bonds. The Morgan fingerprint density at radius 3 is 2.76 bits per heavy atom. The van der Waals surface area contributed by atoms with Gasteiger partial charge in [-0.05, 0) is 43.5 Å². The third-order valence-electron chi connectivity index (χ3n) is 5.45. The number of amides is 1. The first-order valence-corrected chi connectivity index (χ1v) is 12.3. The lowest BCUT2D eigenvalue weighted by atomic mass is 10.2. The molecule has 4 rings (SSSR count). The number of aryl methyl sites for hydroxylation is 2. The Morgan fingerprint density at radius 2 is 1.94 bits per heavy atom. The van der Waals surface area contributed by atoms with E-state index in [1.807, 2.05) is 24.3 Å². The molecule has 0 atom stereocenters. The van der Waals surface area contributed by atoms with Gasteiger partial charge in [0.25, 0.3) is 0 Å². The zero-order valence-electron chi connectivity index (χ0n) is 18.8. The minimum absolute atomic E-state index is 0.0440. The molecular weight excluding hydrogens is 434 g/mol. The number of nitrogen functional groups attached to an aromatic ring is 1. The van der Waals surface area contributed by atoms with Crippen molar-refractivity contribution in [1.82, 2.24) is 29.8 Å². The van der Waals surface area contributed by atoms with Gasteiger partial charge >= 0.3 is 0 Å². The number of thioether (sulfide) groups is 1. The monoisotopic (exact) mass is 463 g/mol. The molecule has 3 N–H and O–H groups in total. The molecule has 33 heavy (non-hydrogen) atoms. The summed E-state index contributed by atoms with van der Waals surface area (Å²) in [6, 6.07) is 7.62. The van der Waals surface area contributed by atoms with Gasteiger partial charge in [0.15, 0.2) is 5.82 Å². The zero-order chi connectivity index (χ0) is 23.0. The molecule has 0 radical (unpaired) electrons. The largest absolute Gasteiger partial charge is 0.382 e. The quantitative estimate of drug-likeness (QED) is 0.255. The minimum atomic E-state index is 0.0440. The number of aromatic nitrogens is 5. The Kier molecular flexibility index (Phi) is 7.72. The van der Waals surface area contributed by atoms with Crippen molar-refractivity contribution in [2.45, 2.75) is 50.5 Å². The topological polar surface area (TPSA) is 112 Å². The first kappa shape index (κ1) is 23.0. The van der Waals surface area contributed by atoms with E-state index in [1.54, 1.807) is 18.6 Å². The van der Waals surface area contributed by atoms with E-state index >= 15 is 0 Å². The van der Waals surface area contributed by atoms with Gasteiger partial charge in [0, 0.05) is 43.0 Å². The van der Waals surface area contributed by atoms with Crippen LogP contribution in [-0.2, 0) is 17.8 Å². The van der Waals surface area contributed by atoms with E-state index in [2.05, 4.69) is 31.8 Å². The van der Waals surface area contributed by atoms with Crippen molar-refractivity contribution in [3.63, 3.8) is 0 Å². The van der Waals surface area contributed by atoms with Gasteiger partial charge in [-0.2, -0.15) is 0 Å². The lowest BCUT2D eigenvalue weighted by Gasteiger charge is -2.11. The normalized spacial score (nSPS) is 11.3. The Hall–Kier alpha value is -3.20. The van der Waals surface area contributed by atoms with Gasteiger partial charge < -0.3 is 15.6 Å². The van der Waals surface area contributed by atoms with Crippen LogP contribution in [0.2, 0.25) is 0 Å². The number of hydrogen-bond acceptors (Lipinski definition) is 7. The van der Waals surface area contributed by atoms with Crippen LogP contribution in [0.1, 0.15) is 38.4 Å². The molecule has 172 valence electrons. The SMILES string of the molecule is CCCCc1nc2c(N)nc3cccnc3c2n1CCCCNC(=O)CSc1ccncc1. The third-order valence-corrected chi connectivity index (χ3v) is 6.46. The molecule has 0 spiro atoms. The number of nitrogens with two attached hydrogens (primary N) is 1. The highest BCUT2D eigenvalue weighted by molar-refractivity contribution is 8.00. The maximum atomic E-state index is 12.1. The average molecular weight is 464 g/mol. The van der Waals surface area contributed by atoms with Gasteiger partial charge in [-0.1, -0.05) is 13.3 Å². The molecule has 4 aromatic heterocycles. The highest BCUT2D eigenvalue weighted by Gasteiger charge is 2.17. The Labute approximate surface area is 197 Å². The highest BCUT2D eigenvalue weighted by Crippen LogP contribution is 2.28. The van der Waals surface area contributed by atoms with E-state index in [0.717, 1.165) is 71.4 Å². The van der Waals surface area contributed by atoms with Crippen molar-refractivity contribution in [2.24, 2.45) is 0 Å². The first-order valence-electron chi connectivity index (χ1n) is 11.4. The number of imidazole rings is 1. The number of nitrogens with zero attached hydrogens (tertiary/aromatic N) is 5. The summed E-state index contributed by atoms with van der Waals surface area (Å²) in [4.78, 5) is 31.1. The standard InChI is InChI=1S/C24H29N7OS/c1-2-3-8-19-30-22-23(21-18(29-24(22)25)7-6-12-28-21)31(19)15-5-4-11-27-20(32)16-33-17-9-13-26-14-10-17/h6-7,9-10,12-14H,2-5,8,11,15-16H2,1H3,(H2,25,29)(H,27,32). The fraction of sp³-hybridized carbons (Fsp3) is 0.375. The molecule has 0 aliphatic rings. The van der Waals surface area contributed by atoms with Crippen LogP contribution in [0.4, 0.5) is 5.82 Å². The predicted octanol–water partition coefficient (Wildman–Crippen LogP) is 3.99. The molecule has 9 heteroatoms. The lowest BCUT2D eigenvalue weighted by molar-refractivity contribution is -0.118. The number of unbranched alkanes of at least 4 members (excludes halogenated alkanes) is 2. The summed E-state index contributed by atoms with van der Waals surface area (Å²) in [5.74, 6) is 1.92. The Morgan fingerprint density at radius 1 is 1.09 bits per heavy atom. The lowest BCUT2D eigenvalue weighted by Crippen LogP contribution is -2.26. The molecule has 4 heterocycles. The maximum absolute atomic E-state index is 12.1. The van der Waals surface area contributed by atoms with E-state index in [1.165, 1.54) is 11.8 Å². The number of rotatable bonds is 11. The van der Waals surface area contributed by atoms with Crippen molar-refractivity contribution in [2.75, 3.05) is 18.0 Å². The van der Waals surface area contributed by atoms with Crippen LogP contribution >= 0.6 is 11.8 Å². The average Bonchev–Trinajstić information content (AvgIpc) is 3.21. The molecule has 0 saturated heterocycles. The Balaban J connectivity index is 1.39. The molecule has 0 fully saturated rings. The summed E-state index contributed by atoms with van der Waals surface area (Å²) in [6.07, 6.45) is 10.1. The molecule has 0 bridgehead atoms. The highest BCUT2D eigenvalue weighted by atomic mass is 32.2. The van der Waals surface area contributed by atoms with Gasteiger partial charge in [0.2, 0.25) is 5.91 Å². The zero-order valence-corrected chi connectivity index (χ0v) is 19.6. The van der Waals surface area contributed by atoms with E-state index in [9.17, 15) is 4.79 Å². The van der Waals surface area contributed by atoms with E-state index in [4.69, 9.17) is 10.7 Å². The van der Waals surface area contributed by atoms with E-state index in [0.29, 0.717) is 18.1 Å². The summed E-state index contributed by atoms with van der Waals surface area (Å²) in [6.45, 7) is 3.62. The summed E-state index contributed by atoms with van der Waals surface area (Å²) in [5, 5.41) is 3.02. The number of fused-ring (bicyclic) bond motifs is 3. The van der Waals surface area contributed by atoms with Crippen LogP contribution in [0.3, 0.4) is 0 Å². The van der Waals surface area contributed by atoms with Gasteiger partial charge in [0.05, 0.1) is 11.3 Å². The van der Waals surface area contributed by atoms with Crippen LogP contribution in [0.15, 0.2) is 47.8 Å². The van der Waals surface area contributed by atoms with Crippen molar-refractivity contribution in [3.8, 4) is 0 Å². The van der Waals surface area contributed by atoms with Gasteiger partial charge in [-0.3, -0.25) is 14.8 Å². The third kappa shape index (κ3) is 5.60. The second kappa shape index (κ2) is 11.1. The number of pyridine rings is 3. The van der Waals surface area contributed by atoms with Crippen molar-refractivity contribution in [3.05, 3.63) is 48.7 Å². The van der Waals surface area contributed by atoms with Crippen LogP contribution < -0.4 is 11.1 Å². The number of hydrogen-bond donors (Lipinski definition) is 2. The Bertz CT molecular complexity index is 1230. The predicted molar refractivity (Wildman–Crippen MR) is 133 cm³/mol. The molecule has 0 unspecified atom stereocenters. The molecule has 8 nitrogen and oxygen atoms in total. The van der Waals surface area contributed by atoms with Gasteiger partial charge in [-0.25, -0.2) is 9.97 Å². The molecule has 0 aliphatic heterocycles. The second-order valence-electron chi connectivity index (χ2n) is 7.88.